The molecule has 2 aliphatic heterocycles. The molecule has 2 unspecified atom stereocenters. The molecular formula is C19H24N2O3. The van der Waals surface area contributed by atoms with Crippen molar-refractivity contribution in [1.82, 2.24) is 10.2 Å². The van der Waals surface area contributed by atoms with Gasteiger partial charge in [-0.25, -0.2) is 0 Å². The molecule has 24 heavy (non-hydrogen) atoms. The lowest BCUT2D eigenvalue weighted by molar-refractivity contribution is -0.136. The topological polar surface area (TPSA) is 66.5 Å². The third-order valence-corrected chi connectivity index (χ3v) is 5.14. The van der Waals surface area contributed by atoms with Crippen LogP contribution in [0.25, 0.3) is 0 Å². The molecule has 1 N–H and O–H groups in total. The van der Waals surface area contributed by atoms with Gasteiger partial charge >= 0.3 is 0 Å². The molecule has 5 heteroatoms. The van der Waals surface area contributed by atoms with Crippen molar-refractivity contribution in [3.05, 3.63) is 34.9 Å². The van der Waals surface area contributed by atoms with Crippen LogP contribution in [0.3, 0.4) is 0 Å². The molecular weight excluding hydrogens is 304 g/mol. The summed E-state index contributed by atoms with van der Waals surface area (Å²) < 4.78 is 0. The molecule has 1 aromatic carbocycles. The zero-order chi connectivity index (χ0) is 17.3. The van der Waals surface area contributed by atoms with E-state index in [1.165, 1.54) is 5.56 Å². The van der Waals surface area contributed by atoms with Crippen molar-refractivity contribution in [3.63, 3.8) is 0 Å². The maximum absolute atomic E-state index is 12.8. The van der Waals surface area contributed by atoms with Crippen molar-refractivity contribution >= 4 is 17.7 Å². The van der Waals surface area contributed by atoms with Gasteiger partial charge in [0.15, 0.2) is 0 Å². The monoisotopic (exact) mass is 328 g/mol. The summed E-state index contributed by atoms with van der Waals surface area (Å²) in [5.41, 5.74) is 2.97. The average Bonchev–Trinajstić information content (AvgIpc) is 2.89. The number of nitrogens with one attached hydrogen (secondary N) is 1. The first-order valence-corrected chi connectivity index (χ1v) is 8.79. The van der Waals surface area contributed by atoms with Crippen LogP contribution in [-0.2, 0) is 16.1 Å². The molecule has 3 rings (SSSR count). The van der Waals surface area contributed by atoms with Crippen molar-refractivity contribution in [1.29, 1.82) is 0 Å². The second-order valence-electron chi connectivity index (χ2n) is 6.82. The first-order valence-electron chi connectivity index (χ1n) is 8.79. The molecule has 0 spiro atoms. The van der Waals surface area contributed by atoms with Gasteiger partial charge in [0.1, 0.15) is 6.04 Å². The van der Waals surface area contributed by atoms with E-state index in [0.29, 0.717) is 24.4 Å². The Balaban J connectivity index is 1.84. The zero-order valence-electron chi connectivity index (χ0n) is 14.3. The van der Waals surface area contributed by atoms with Gasteiger partial charge in [-0.1, -0.05) is 38.8 Å². The van der Waals surface area contributed by atoms with E-state index in [2.05, 4.69) is 25.2 Å². The van der Waals surface area contributed by atoms with E-state index in [4.69, 9.17) is 0 Å². The summed E-state index contributed by atoms with van der Waals surface area (Å²) >= 11 is 0. The largest absolute Gasteiger partial charge is 0.322 e. The van der Waals surface area contributed by atoms with Crippen molar-refractivity contribution in [2.45, 2.75) is 64.5 Å². The third kappa shape index (κ3) is 2.95. The van der Waals surface area contributed by atoms with Crippen molar-refractivity contribution in [2.75, 3.05) is 0 Å². The number of fused-ring (bicyclic) bond motifs is 1. The molecule has 0 bridgehead atoms. The maximum atomic E-state index is 12.8. The van der Waals surface area contributed by atoms with E-state index >= 15 is 0 Å². The number of hydrogen-bond acceptors (Lipinski definition) is 3. The lowest BCUT2D eigenvalue weighted by Gasteiger charge is -2.29. The van der Waals surface area contributed by atoms with Gasteiger partial charge in [0.05, 0.1) is 0 Å². The molecule has 0 aromatic heterocycles. The van der Waals surface area contributed by atoms with Crippen LogP contribution in [0.2, 0.25) is 0 Å². The molecule has 0 radical (unpaired) electrons. The van der Waals surface area contributed by atoms with Crippen LogP contribution in [-0.4, -0.2) is 28.7 Å². The SMILES string of the molecule is CCCCC(C)c1cccc2c1CN(C1CCC(=O)NC1=O)C2=O. The summed E-state index contributed by atoms with van der Waals surface area (Å²) in [6.07, 6.45) is 4.11. The quantitative estimate of drug-likeness (QED) is 0.845. The molecule has 128 valence electrons. The number of rotatable bonds is 5. The molecule has 1 fully saturated rings. The smallest absolute Gasteiger partial charge is 0.255 e. The van der Waals surface area contributed by atoms with Gasteiger partial charge in [0.25, 0.3) is 5.91 Å². The second kappa shape index (κ2) is 6.75. The summed E-state index contributed by atoms with van der Waals surface area (Å²) in [4.78, 5) is 37.9. The standard InChI is InChI=1S/C19H24N2O3/c1-3-4-6-12(2)13-7-5-8-14-15(13)11-21(19(14)24)16-9-10-17(22)20-18(16)23/h5,7-8,12,16H,3-4,6,9-11H2,1-2H3,(H,20,22,23). The first-order chi connectivity index (χ1) is 11.5. The summed E-state index contributed by atoms with van der Waals surface area (Å²) in [6.45, 7) is 4.84. The number of carbonyl (C=O) groups is 3. The number of hydrogen-bond donors (Lipinski definition) is 1. The minimum Gasteiger partial charge on any atom is -0.322 e. The van der Waals surface area contributed by atoms with Crippen LogP contribution < -0.4 is 5.32 Å². The van der Waals surface area contributed by atoms with Crippen LogP contribution in [0.15, 0.2) is 18.2 Å². The van der Waals surface area contributed by atoms with Crippen LogP contribution in [0, 0.1) is 0 Å². The summed E-state index contributed by atoms with van der Waals surface area (Å²) in [5.74, 6) is -0.305. The molecule has 2 atom stereocenters. The van der Waals surface area contributed by atoms with E-state index in [-0.39, 0.29) is 24.1 Å². The van der Waals surface area contributed by atoms with Gasteiger partial charge in [-0.05, 0) is 36.0 Å². The maximum Gasteiger partial charge on any atom is 0.255 e. The van der Waals surface area contributed by atoms with E-state index < -0.39 is 6.04 Å². The summed E-state index contributed by atoms with van der Waals surface area (Å²) in [6, 6.07) is 5.34. The van der Waals surface area contributed by atoms with Crippen LogP contribution in [0.1, 0.15) is 73.4 Å². The lowest BCUT2D eigenvalue weighted by Crippen LogP contribution is -2.52. The predicted octanol–water partition coefficient (Wildman–Crippen LogP) is 2.74. The number of imide groups is 1. The lowest BCUT2D eigenvalue weighted by atomic mass is 9.90. The zero-order valence-corrected chi connectivity index (χ0v) is 14.3. The number of unbranched alkanes of at least 4 members (excludes halogenated alkanes) is 1. The van der Waals surface area contributed by atoms with Gasteiger partial charge in [-0.15, -0.1) is 0 Å². The molecule has 1 aromatic rings. The Kier molecular flexibility index (Phi) is 4.69. The Bertz CT molecular complexity index is 683. The van der Waals surface area contributed by atoms with Crippen molar-refractivity contribution in [3.8, 4) is 0 Å². The molecule has 0 aliphatic carbocycles. The minimum absolute atomic E-state index is 0.0935. The van der Waals surface area contributed by atoms with E-state index in [9.17, 15) is 14.4 Å². The molecule has 3 amide bonds. The van der Waals surface area contributed by atoms with Crippen LogP contribution in [0.5, 0.6) is 0 Å². The van der Waals surface area contributed by atoms with Crippen molar-refractivity contribution < 1.29 is 14.4 Å². The van der Waals surface area contributed by atoms with Gasteiger partial charge in [0, 0.05) is 18.5 Å². The number of piperidine rings is 1. The molecule has 2 aliphatic rings. The van der Waals surface area contributed by atoms with Crippen molar-refractivity contribution in [2.24, 2.45) is 0 Å². The number of benzene rings is 1. The second-order valence-corrected chi connectivity index (χ2v) is 6.82. The molecule has 5 nitrogen and oxygen atoms in total. The molecule has 1 saturated heterocycles. The Morgan fingerprint density at radius 2 is 2.08 bits per heavy atom. The Morgan fingerprint density at radius 3 is 2.79 bits per heavy atom. The highest BCUT2D eigenvalue weighted by atomic mass is 16.2. The normalized spacial score (nSPS) is 21.7. The summed E-state index contributed by atoms with van der Waals surface area (Å²) in [7, 11) is 0. The highest BCUT2D eigenvalue weighted by molar-refractivity contribution is 6.05. The number of amides is 3. The first kappa shape index (κ1) is 16.7. The predicted molar refractivity (Wildman–Crippen MR) is 90.4 cm³/mol. The highest BCUT2D eigenvalue weighted by Gasteiger charge is 2.39. The number of nitrogens with zero attached hydrogens (tertiary/aromatic N) is 1. The van der Waals surface area contributed by atoms with E-state index in [1.807, 2.05) is 12.1 Å². The fraction of sp³-hybridized carbons (Fsp3) is 0.526. The Morgan fingerprint density at radius 1 is 1.29 bits per heavy atom. The van der Waals surface area contributed by atoms with Gasteiger partial charge in [-0.3, -0.25) is 19.7 Å². The Labute approximate surface area is 142 Å². The number of carbonyl (C=O) groups excluding carboxylic acids is 3. The third-order valence-electron chi connectivity index (χ3n) is 5.14. The molecule has 0 saturated carbocycles. The van der Waals surface area contributed by atoms with Crippen LogP contribution in [0.4, 0.5) is 0 Å². The van der Waals surface area contributed by atoms with Gasteiger partial charge in [-0.2, -0.15) is 0 Å². The highest BCUT2D eigenvalue weighted by Crippen LogP contribution is 2.34. The van der Waals surface area contributed by atoms with Gasteiger partial charge in [0.2, 0.25) is 11.8 Å². The fourth-order valence-corrected chi connectivity index (χ4v) is 3.74. The minimum atomic E-state index is -0.540. The molecule has 2 heterocycles. The van der Waals surface area contributed by atoms with Gasteiger partial charge < -0.3 is 4.90 Å². The average molecular weight is 328 g/mol. The summed E-state index contributed by atoms with van der Waals surface area (Å²) in [5, 5.41) is 2.35. The van der Waals surface area contributed by atoms with E-state index in [0.717, 1.165) is 24.8 Å². The Hall–Kier alpha value is -2.17. The fourth-order valence-electron chi connectivity index (χ4n) is 3.74. The van der Waals surface area contributed by atoms with E-state index in [1.54, 1.807) is 4.90 Å². The van der Waals surface area contributed by atoms with Crippen LogP contribution >= 0.6 is 0 Å².